The average molecular weight is 538 g/mol. The van der Waals surface area contributed by atoms with Crippen molar-refractivity contribution in [1.29, 1.82) is 5.26 Å². The summed E-state index contributed by atoms with van der Waals surface area (Å²) < 4.78 is 39.9. The van der Waals surface area contributed by atoms with Crippen molar-refractivity contribution in [1.82, 2.24) is 8.96 Å². The molecule has 2 aromatic heterocycles. The number of benzene rings is 2. The van der Waals surface area contributed by atoms with Crippen molar-refractivity contribution in [2.45, 2.75) is 11.8 Å². The van der Waals surface area contributed by atoms with Crippen molar-refractivity contribution in [3.05, 3.63) is 77.0 Å². The van der Waals surface area contributed by atoms with E-state index in [1.165, 1.54) is 3.97 Å². The average Bonchev–Trinajstić information content (AvgIpc) is 3.21. The highest BCUT2D eigenvalue weighted by Crippen LogP contribution is 2.36. The topological polar surface area (TPSA) is 94.2 Å². The van der Waals surface area contributed by atoms with Gasteiger partial charge in [0.05, 0.1) is 30.3 Å². The maximum absolute atomic E-state index is 13.4. The van der Waals surface area contributed by atoms with Crippen molar-refractivity contribution in [3.63, 3.8) is 0 Å². The molecule has 9 heteroatoms. The van der Waals surface area contributed by atoms with Crippen LogP contribution in [0.2, 0.25) is 0 Å². The summed E-state index contributed by atoms with van der Waals surface area (Å²) >= 11 is 3.43. The standard InChI is InChI=1S/C25H20BrN3O4S/c1-25(14-32-15-25)16-33-23-8-7-17(9-18(23)11-27)22-13-29(24-21(22)10-19(26)12-28-24)34(30,31)20-5-3-2-4-6-20/h2-10,12-13H,14-16H2,1H3. The van der Waals surface area contributed by atoms with E-state index in [9.17, 15) is 13.7 Å². The third-order valence-electron chi connectivity index (χ3n) is 5.77. The van der Waals surface area contributed by atoms with Gasteiger partial charge >= 0.3 is 0 Å². The molecule has 5 rings (SSSR count). The molecule has 0 bridgehead atoms. The summed E-state index contributed by atoms with van der Waals surface area (Å²) in [4.78, 5) is 4.55. The van der Waals surface area contributed by atoms with Crippen molar-refractivity contribution in [2.24, 2.45) is 5.41 Å². The third-order valence-corrected chi connectivity index (χ3v) is 7.86. The number of halogens is 1. The Labute approximate surface area is 205 Å². The maximum atomic E-state index is 13.4. The van der Waals surface area contributed by atoms with Crippen LogP contribution in [0.4, 0.5) is 0 Å². The number of ether oxygens (including phenoxy) is 2. The number of pyridine rings is 1. The Morgan fingerprint density at radius 2 is 1.97 bits per heavy atom. The molecule has 172 valence electrons. The molecule has 0 amide bonds. The Bertz CT molecular complexity index is 1540. The summed E-state index contributed by atoms with van der Waals surface area (Å²) in [6.07, 6.45) is 3.11. The van der Waals surface area contributed by atoms with Crippen molar-refractivity contribution >= 4 is 37.0 Å². The Morgan fingerprint density at radius 1 is 1.21 bits per heavy atom. The van der Waals surface area contributed by atoms with Gasteiger partial charge in [-0.3, -0.25) is 0 Å². The predicted molar refractivity (Wildman–Crippen MR) is 131 cm³/mol. The Kier molecular flexibility index (Phi) is 5.68. The second-order valence-electron chi connectivity index (χ2n) is 8.60. The first kappa shape index (κ1) is 22.6. The zero-order valence-electron chi connectivity index (χ0n) is 18.2. The highest BCUT2D eigenvalue weighted by molar-refractivity contribution is 9.10. The van der Waals surface area contributed by atoms with Crippen LogP contribution in [0.15, 0.2) is 76.4 Å². The lowest BCUT2D eigenvalue weighted by Gasteiger charge is -2.37. The Balaban J connectivity index is 1.60. The van der Waals surface area contributed by atoms with Crippen LogP contribution in [-0.2, 0) is 14.8 Å². The number of fused-ring (bicyclic) bond motifs is 1. The maximum Gasteiger partial charge on any atom is 0.269 e. The molecule has 34 heavy (non-hydrogen) atoms. The highest BCUT2D eigenvalue weighted by Gasteiger charge is 2.34. The molecule has 0 unspecified atom stereocenters. The molecule has 0 atom stereocenters. The molecule has 4 aromatic rings. The van der Waals surface area contributed by atoms with Crippen LogP contribution >= 0.6 is 15.9 Å². The molecule has 1 fully saturated rings. The van der Waals surface area contributed by atoms with E-state index in [1.54, 1.807) is 54.9 Å². The van der Waals surface area contributed by atoms with E-state index < -0.39 is 10.0 Å². The van der Waals surface area contributed by atoms with Gasteiger partial charge in [0.2, 0.25) is 0 Å². The summed E-state index contributed by atoms with van der Waals surface area (Å²) in [5, 5.41) is 10.4. The molecule has 1 aliphatic heterocycles. The molecule has 3 heterocycles. The predicted octanol–water partition coefficient (Wildman–Crippen LogP) is 4.99. The van der Waals surface area contributed by atoms with Crippen LogP contribution < -0.4 is 4.74 Å². The molecule has 0 radical (unpaired) electrons. The fourth-order valence-electron chi connectivity index (χ4n) is 3.87. The number of nitrogens with zero attached hydrogens (tertiary/aromatic N) is 3. The minimum atomic E-state index is -3.87. The van der Waals surface area contributed by atoms with Crippen LogP contribution in [0.25, 0.3) is 22.2 Å². The van der Waals surface area contributed by atoms with Gasteiger partial charge < -0.3 is 9.47 Å². The van der Waals surface area contributed by atoms with Crippen molar-refractivity contribution in [2.75, 3.05) is 19.8 Å². The van der Waals surface area contributed by atoms with Crippen molar-refractivity contribution in [3.8, 4) is 22.9 Å². The summed E-state index contributed by atoms with van der Waals surface area (Å²) in [5.41, 5.74) is 1.96. The second-order valence-corrected chi connectivity index (χ2v) is 11.3. The number of hydrogen-bond donors (Lipinski definition) is 0. The molecule has 2 aromatic carbocycles. The normalized spacial score (nSPS) is 15.0. The van der Waals surface area contributed by atoms with E-state index in [1.807, 2.05) is 12.1 Å². The molecule has 0 saturated carbocycles. The SMILES string of the molecule is CC1(COc2ccc(-c3cn(S(=O)(=O)c4ccccc4)c4ncc(Br)cc34)cc2C#N)COC1. The van der Waals surface area contributed by atoms with E-state index in [2.05, 4.69) is 33.9 Å². The summed E-state index contributed by atoms with van der Waals surface area (Å²) in [7, 11) is -3.87. The first-order valence-corrected chi connectivity index (χ1v) is 12.8. The molecule has 1 aliphatic rings. The minimum absolute atomic E-state index is 0.0530. The molecule has 0 spiro atoms. The molecule has 7 nitrogen and oxygen atoms in total. The second kappa shape index (κ2) is 8.55. The van der Waals surface area contributed by atoms with Crippen LogP contribution in [0.3, 0.4) is 0 Å². The van der Waals surface area contributed by atoms with Crippen LogP contribution in [0.1, 0.15) is 12.5 Å². The Hall–Kier alpha value is -3.19. The van der Waals surface area contributed by atoms with Gasteiger partial charge in [-0.15, -0.1) is 0 Å². The fraction of sp³-hybridized carbons (Fsp3) is 0.200. The van der Waals surface area contributed by atoms with Gasteiger partial charge in [0.1, 0.15) is 11.8 Å². The molecule has 0 aliphatic carbocycles. The van der Waals surface area contributed by atoms with Crippen LogP contribution in [0, 0.1) is 16.7 Å². The van der Waals surface area contributed by atoms with E-state index in [-0.39, 0.29) is 10.3 Å². The first-order chi connectivity index (χ1) is 16.3. The van der Waals surface area contributed by atoms with Gasteiger partial charge in [0.15, 0.2) is 5.65 Å². The molecular weight excluding hydrogens is 518 g/mol. The number of nitriles is 1. The van der Waals surface area contributed by atoms with Gasteiger partial charge in [-0.1, -0.05) is 31.2 Å². The highest BCUT2D eigenvalue weighted by atomic mass is 79.9. The lowest BCUT2D eigenvalue weighted by atomic mass is 9.90. The van der Waals surface area contributed by atoms with E-state index in [0.717, 1.165) is 0 Å². The number of hydrogen-bond acceptors (Lipinski definition) is 6. The molecular formula is C25H20BrN3O4S. The lowest BCUT2D eigenvalue weighted by molar-refractivity contribution is -0.120. The van der Waals surface area contributed by atoms with Gasteiger partial charge in [0.25, 0.3) is 10.0 Å². The van der Waals surface area contributed by atoms with E-state index >= 15 is 0 Å². The minimum Gasteiger partial charge on any atom is -0.491 e. The van der Waals surface area contributed by atoms with Gasteiger partial charge in [-0.05, 0) is 51.8 Å². The molecule has 0 N–H and O–H groups in total. The smallest absolute Gasteiger partial charge is 0.269 e. The lowest BCUT2D eigenvalue weighted by Crippen LogP contribution is -2.44. The number of aromatic nitrogens is 2. The Morgan fingerprint density at radius 3 is 2.65 bits per heavy atom. The summed E-state index contributed by atoms with van der Waals surface area (Å²) in [5.74, 6) is 0.485. The quantitative estimate of drug-likeness (QED) is 0.344. The van der Waals surface area contributed by atoms with Gasteiger partial charge in [-0.25, -0.2) is 17.4 Å². The van der Waals surface area contributed by atoms with Crippen molar-refractivity contribution < 1.29 is 17.9 Å². The summed E-state index contributed by atoms with van der Waals surface area (Å²) in [6.45, 7) is 3.78. The summed E-state index contributed by atoms with van der Waals surface area (Å²) in [6, 6.07) is 17.5. The zero-order chi connectivity index (χ0) is 23.9. The van der Waals surface area contributed by atoms with Gasteiger partial charge in [-0.2, -0.15) is 5.26 Å². The third kappa shape index (κ3) is 3.98. The monoisotopic (exact) mass is 537 g/mol. The van der Waals surface area contributed by atoms with Gasteiger partial charge in [0, 0.05) is 33.2 Å². The van der Waals surface area contributed by atoms with Crippen LogP contribution in [0.5, 0.6) is 5.75 Å². The molecule has 1 saturated heterocycles. The zero-order valence-corrected chi connectivity index (χ0v) is 20.6. The number of rotatable bonds is 6. The van der Waals surface area contributed by atoms with E-state index in [4.69, 9.17) is 9.47 Å². The first-order valence-electron chi connectivity index (χ1n) is 10.5. The fourth-order valence-corrected chi connectivity index (χ4v) is 5.55. The largest absolute Gasteiger partial charge is 0.491 e. The van der Waals surface area contributed by atoms with Crippen LogP contribution in [-0.4, -0.2) is 37.2 Å². The van der Waals surface area contributed by atoms with E-state index in [0.29, 0.717) is 57.8 Å².